The Labute approximate surface area is 195 Å². The number of hydrogen-bond donors (Lipinski definition) is 3. The van der Waals surface area contributed by atoms with E-state index in [4.69, 9.17) is 5.73 Å². The van der Waals surface area contributed by atoms with Gasteiger partial charge in [0.15, 0.2) is 5.13 Å². The van der Waals surface area contributed by atoms with Crippen molar-refractivity contribution in [2.45, 2.75) is 24.3 Å². The molecule has 11 heteroatoms. The zero-order valence-corrected chi connectivity index (χ0v) is 19.4. The number of thioether (sulfide) groups is 1. The normalized spacial score (nSPS) is 12.0. The summed E-state index contributed by atoms with van der Waals surface area (Å²) in [5, 5.41) is 6.96. The molecule has 0 unspecified atom stereocenters. The second kappa shape index (κ2) is 9.63. The lowest BCUT2D eigenvalue weighted by Gasteiger charge is -2.10. The average molecular weight is 486 g/mol. The molecule has 4 N–H and O–H groups in total. The summed E-state index contributed by atoms with van der Waals surface area (Å²) in [6, 6.07) is 9.72. The van der Waals surface area contributed by atoms with E-state index in [1.54, 1.807) is 12.3 Å². The quantitative estimate of drug-likeness (QED) is 0.351. The third-order valence-corrected chi connectivity index (χ3v) is 7.39. The maximum atomic E-state index is 12.7. The molecular formula is C21H19N5O3S3. The number of aromatic amines is 1. The smallest absolute Gasteiger partial charge is 0.260 e. The fourth-order valence-electron chi connectivity index (χ4n) is 3.00. The highest BCUT2D eigenvalue weighted by Gasteiger charge is 2.18. The van der Waals surface area contributed by atoms with E-state index in [9.17, 15) is 14.4 Å². The van der Waals surface area contributed by atoms with Gasteiger partial charge in [0.1, 0.15) is 10.7 Å². The summed E-state index contributed by atoms with van der Waals surface area (Å²) in [5.41, 5.74) is 7.34. The molecule has 3 aromatic heterocycles. The second-order valence-electron chi connectivity index (χ2n) is 6.94. The Balaban J connectivity index is 1.41. The third-order valence-electron chi connectivity index (χ3n) is 4.55. The second-order valence-corrected chi connectivity index (χ2v) is 9.98. The predicted molar refractivity (Wildman–Crippen MR) is 130 cm³/mol. The molecule has 0 aliphatic heterocycles. The maximum absolute atomic E-state index is 12.7. The molecule has 4 aromatic rings. The Morgan fingerprint density at radius 2 is 1.97 bits per heavy atom. The van der Waals surface area contributed by atoms with Gasteiger partial charge in [-0.1, -0.05) is 30.3 Å². The van der Waals surface area contributed by atoms with E-state index in [2.05, 4.69) is 20.3 Å². The first-order valence-electron chi connectivity index (χ1n) is 9.61. The van der Waals surface area contributed by atoms with Gasteiger partial charge in [-0.15, -0.1) is 34.4 Å². The summed E-state index contributed by atoms with van der Waals surface area (Å²) in [5.74, 6) is 0.202. The molecule has 0 aliphatic carbocycles. The molecule has 0 aliphatic rings. The number of nitrogens with zero attached hydrogens (tertiary/aromatic N) is 2. The number of primary amides is 1. The molecule has 0 saturated heterocycles. The van der Waals surface area contributed by atoms with Gasteiger partial charge in [-0.2, -0.15) is 0 Å². The van der Waals surface area contributed by atoms with Crippen molar-refractivity contribution in [3.8, 4) is 11.1 Å². The molecule has 8 nitrogen and oxygen atoms in total. The SMILES string of the molecule is C[C@H](SCc1nc2scc(-c3ccccc3)c2c(=O)[nH]1)C(=O)Nc1nc(CC(N)=O)cs1. The predicted octanol–water partition coefficient (Wildman–Crippen LogP) is 3.40. The average Bonchev–Trinajstić information content (AvgIpc) is 3.39. The minimum atomic E-state index is -0.475. The van der Waals surface area contributed by atoms with E-state index in [-0.39, 0.29) is 17.9 Å². The van der Waals surface area contributed by atoms with Crippen LogP contribution in [0, 0.1) is 0 Å². The highest BCUT2D eigenvalue weighted by atomic mass is 32.2. The molecule has 0 radical (unpaired) electrons. The van der Waals surface area contributed by atoms with Crippen LogP contribution in [0.15, 0.2) is 45.9 Å². The van der Waals surface area contributed by atoms with Crippen LogP contribution in [0.2, 0.25) is 0 Å². The molecule has 4 rings (SSSR count). The number of benzene rings is 1. The molecule has 0 spiro atoms. The molecule has 0 bridgehead atoms. The summed E-state index contributed by atoms with van der Waals surface area (Å²) < 4.78 is 0. The van der Waals surface area contributed by atoms with Crippen molar-refractivity contribution >= 4 is 61.6 Å². The fourth-order valence-corrected chi connectivity index (χ4v) is 5.44. The highest BCUT2D eigenvalue weighted by molar-refractivity contribution is 7.99. The largest absolute Gasteiger partial charge is 0.369 e. The molecule has 0 fully saturated rings. The van der Waals surface area contributed by atoms with Gasteiger partial charge in [0.2, 0.25) is 11.8 Å². The van der Waals surface area contributed by atoms with Gasteiger partial charge >= 0.3 is 0 Å². The van der Waals surface area contributed by atoms with E-state index in [1.165, 1.54) is 34.4 Å². The lowest BCUT2D eigenvalue weighted by atomic mass is 10.1. The Kier molecular flexibility index (Phi) is 6.68. The number of H-pyrrole nitrogens is 1. The van der Waals surface area contributed by atoms with Crippen molar-refractivity contribution in [1.29, 1.82) is 0 Å². The number of amides is 2. The molecule has 1 atom stereocenters. The lowest BCUT2D eigenvalue weighted by molar-refractivity contribution is -0.117. The Morgan fingerprint density at radius 1 is 1.19 bits per heavy atom. The maximum Gasteiger partial charge on any atom is 0.260 e. The van der Waals surface area contributed by atoms with Crippen LogP contribution >= 0.6 is 34.4 Å². The van der Waals surface area contributed by atoms with Crippen LogP contribution < -0.4 is 16.6 Å². The first-order valence-corrected chi connectivity index (χ1v) is 12.4. The first-order chi connectivity index (χ1) is 15.4. The number of hydrogen-bond acceptors (Lipinski definition) is 8. The number of fused-ring (bicyclic) bond motifs is 1. The van der Waals surface area contributed by atoms with Crippen LogP contribution in [0.4, 0.5) is 5.13 Å². The number of nitrogens with two attached hydrogens (primary N) is 1. The monoisotopic (exact) mass is 485 g/mol. The van der Waals surface area contributed by atoms with Crippen molar-refractivity contribution < 1.29 is 9.59 Å². The topological polar surface area (TPSA) is 131 Å². The molecule has 1 aromatic carbocycles. The van der Waals surface area contributed by atoms with Crippen molar-refractivity contribution in [3.05, 3.63) is 63.0 Å². The van der Waals surface area contributed by atoms with Crippen molar-refractivity contribution in [1.82, 2.24) is 15.0 Å². The van der Waals surface area contributed by atoms with Gasteiger partial charge in [0.25, 0.3) is 5.56 Å². The zero-order valence-electron chi connectivity index (χ0n) is 17.0. The van der Waals surface area contributed by atoms with Crippen LogP contribution in [-0.2, 0) is 21.8 Å². The van der Waals surface area contributed by atoms with Gasteiger partial charge in [-0.3, -0.25) is 14.4 Å². The molecule has 32 heavy (non-hydrogen) atoms. The van der Waals surface area contributed by atoms with Crippen molar-refractivity contribution in [2.75, 3.05) is 5.32 Å². The molecular weight excluding hydrogens is 466 g/mol. The van der Waals surface area contributed by atoms with Gasteiger partial charge in [-0.05, 0) is 12.5 Å². The fraction of sp³-hybridized carbons (Fsp3) is 0.190. The van der Waals surface area contributed by atoms with E-state index >= 15 is 0 Å². The number of rotatable bonds is 8. The highest BCUT2D eigenvalue weighted by Crippen LogP contribution is 2.31. The standard InChI is InChI=1S/C21H19N5O3S3/c1-11(18(28)26-21-23-13(8-32-21)7-15(22)27)30-10-16-24-19(29)17-14(9-31-20(17)25-16)12-5-3-2-4-6-12/h2-6,8-9,11H,7,10H2,1H3,(H2,22,27)(H,23,26,28)(H,24,25,29)/t11-/m0/s1. The molecule has 0 saturated carbocycles. The summed E-state index contributed by atoms with van der Waals surface area (Å²) in [6.07, 6.45) is 0.0346. The van der Waals surface area contributed by atoms with Gasteiger partial charge < -0.3 is 16.0 Å². The summed E-state index contributed by atoms with van der Waals surface area (Å²) in [4.78, 5) is 48.5. The zero-order chi connectivity index (χ0) is 22.7. The third kappa shape index (κ3) is 5.06. The van der Waals surface area contributed by atoms with Gasteiger partial charge in [-0.25, -0.2) is 9.97 Å². The molecule has 3 heterocycles. The minimum Gasteiger partial charge on any atom is -0.369 e. The number of thiophene rings is 1. The minimum absolute atomic E-state index is 0.0346. The van der Waals surface area contributed by atoms with Crippen LogP contribution in [0.25, 0.3) is 21.3 Å². The van der Waals surface area contributed by atoms with Gasteiger partial charge in [0.05, 0.1) is 28.5 Å². The van der Waals surface area contributed by atoms with E-state index in [0.29, 0.717) is 32.6 Å². The molecule has 2 amide bonds. The van der Waals surface area contributed by atoms with Crippen molar-refractivity contribution in [2.24, 2.45) is 5.73 Å². The Morgan fingerprint density at radius 3 is 2.72 bits per heavy atom. The summed E-state index contributed by atoms with van der Waals surface area (Å²) >= 11 is 4.02. The number of anilines is 1. The van der Waals surface area contributed by atoms with Crippen LogP contribution in [-0.4, -0.2) is 32.0 Å². The number of carbonyl (C=O) groups excluding carboxylic acids is 2. The van der Waals surface area contributed by atoms with Crippen LogP contribution in [0.5, 0.6) is 0 Å². The van der Waals surface area contributed by atoms with E-state index in [0.717, 1.165) is 11.1 Å². The Bertz CT molecular complexity index is 1330. The first kappa shape index (κ1) is 22.2. The van der Waals surface area contributed by atoms with Gasteiger partial charge in [0, 0.05) is 16.3 Å². The molecule has 164 valence electrons. The van der Waals surface area contributed by atoms with Crippen LogP contribution in [0.3, 0.4) is 0 Å². The number of thiazole rings is 1. The van der Waals surface area contributed by atoms with E-state index < -0.39 is 11.2 Å². The van der Waals surface area contributed by atoms with Crippen LogP contribution in [0.1, 0.15) is 18.4 Å². The summed E-state index contributed by atoms with van der Waals surface area (Å²) in [6.45, 7) is 1.77. The number of carbonyl (C=O) groups is 2. The van der Waals surface area contributed by atoms with E-state index in [1.807, 2.05) is 35.7 Å². The lowest BCUT2D eigenvalue weighted by Crippen LogP contribution is -2.23. The number of nitrogens with one attached hydrogen (secondary N) is 2. The number of aromatic nitrogens is 3. The Hall–Kier alpha value is -3.02. The summed E-state index contributed by atoms with van der Waals surface area (Å²) in [7, 11) is 0. The van der Waals surface area contributed by atoms with Crippen molar-refractivity contribution in [3.63, 3.8) is 0 Å².